The van der Waals surface area contributed by atoms with Crippen LogP contribution >= 0.6 is 0 Å². The van der Waals surface area contributed by atoms with Crippen LogP contribution < -0.4 is 5.32 Å². The highest BCUT2D eigenvalue weighted by Crippen LogP contribution is 2.08. The molecule has 0 bridgehead atoms. The van der Waals surface area contributed by atoms with Gasteiger partial charge in [0.25, 0.3) is 5.91 Å². The number of imidazole rings is 1. The minimum Gasteiger partial charge on any atom is -0.477 e. The predicted molar refractivity (Wildman–Crippen MR) is 56.8 cm³/mol. The fourth-order valence-corrected chi connectivity index (χ4v) is 1.29. The second kappa shape index (κ2) is 4.08. The number of nitrogens with zero attached hydrogens (tertiary/aromatic N) is 2. The van der Waals surface area contributed by atoms with Crippen LogP contribution in [0.15, 0.2) is 12.4 Å². The highest BCUT2D eigenvalue weighted by molar-refractivity contribution is 6.08. The Labute approximate surface area is 95.1 Å². The van der Waals surface area contributed by atoms with Gasteiger partial charge in [0.2, 0.25) is 0 Å². The number of carboxylic acid groups (broad SMARTS) is 1. The van der Waals surface area contributed by atoms with E-state index in [-0.39, 0.29) is 11.4 Å². The Bertz CT molecular complexity index is 571. The summed E-state index contributed by atoms with van der Waals surface area (Å²) in [4.78, 5) is 28.5. The molecule has 17 heavy (non-hydrogen) atoms. The molecular formula is C9H9N5O3. The highest BCUT2D eigenvalue weighted by Gasteiger charge is 2.20. The summed E-state index contributed by atoms with van der Waals surface area (Å²) in [5.41, 5.74) is 0.341. The number of hydrogen-bond donors (Lipinski definition) is 4. The molecule has 0 spiro atoms. The zero-order valence-corrected chi connectivity index (χ0v) is 8.81. The topological polar surface area (TPSA) is 124 Å². The van der Waals surface area contributed by atoms with E-state index < -0.39 is 11.9 Å². The van der Waals surface area contributed by atoms with Gasteiger partial charge in [0.15, 0.2) is 17.2 Å². The first-order valence-electron chi connectivity index (χ1n) is 4.68. The number of aryl methyl sites for hydroxylation is 1. The van der Waals surface area contributed by atoms with Crippen molar-refractivity contribution in [2.45, 2.75) is 6.92 Å². The Balaban J connectivity index is 2.20. The molecule has 8 nitrogen and oxygen atoms in total. The number of anilines is 1. The summed E-state index contributed by atoms with van der Waals surface area (Å²) < 4.78 is 0. The fraction of sp³-hybridized carbons (Fsp3) is 0.111. The molecule has 1 amide bonds. The Morgan fingerprint density at radius 3 is 2.82 bits per heavy atom. The van der Waals surface area contributed by atoms with Crippen molar-refractivity contribution in [1.82, 2.24) is 20.2 Å². The first-order chi connectivity index (χ1) is 8.08. The number of aromatic nitrogens is 4. The fourth-order valence-electron chi connectivity index (χ4n) is 1.29. The third kappa shape index (κ3) is 2.14. The van der Waals surface area contributed by atoms with Crippen LogP contribution in [0.4, 0.5) is 5.82 Å². The molecule has 2 rings (SSSR count). The molecule has 0 fully saturated rings. The van der Waals surface area contributed by atoms with Crippen molar-refractivity contribution in [3.05, 3.63) is 29.5 Å². The van der Waals surface area contributed by atoms with Crippen LogP contribution in [0.1, 0.15) is 26.7 Å². The van der Waals surface area contributed by atoms with E-state index in [1.54, 1.807) is 13.0 Å². The predicted octanol–water partition coefficient (Wildman–Crippen LogP) is 0.392. The molecule has 0 aliphatic carbocycles. The molecule has 0 aliphatic rings. The maximum atomic E-state index is 11.7. The van der Waals surface area contributed by atoms with Crippen LogP contribution in [0, 0.1) is 6.92 Å². The summed E-state index contributed by atoms with van der Waals surface area (Å²) in [6.07, 6.45) is 1.15. The normalized spacial score (nSPS) is 10.2. The van der Waals surface area contributed by atoms with Crippen molar-refractivity contribution < 1.29 is 14.7 Å². The van der Waals surface area contributed by atoms with E-state index in [1.165, 1.54) is 0 Å². The van der Waals surface area contributed by atoms with Gasteiger partial charge in [0.1, 0.15) is 0 Å². The maximum Gasteiger partial charge on any atom is 0.354 e. The maximum absolute atomic E-state index is 11.7. The first kappa shape index (κ1) is 10.9. The average molecular weight is 235 g/mol. The molecule has 0 saturated heterocycles. The average Bonchev–Trinajstić information content (AvgIpc) is 2.86. The van der Waals surface area contributed by atoms with Gasteiger partial charge in [-0.05, 0) is 6.92 Å². The van der Waals surface area contributed by atoms with Gasteiger partial charge < -0.3 is 15.4 Å². The van der Waals surface area contributed by atoms with E-state index in [0.29, 0.717) is 5.82 Å². The van der Waals surface area contributed by atoms with Gasteiger partial charge in [-0.15, -0.1) is 0 Å². The lowest BCUT2D eigenvalue weighted by molar-refractivity contribution is 0.0686. The lowest BCUT2D eigenvalue weighted by atomic mass is 10.3. The molecule has 0 aromatic carbocycles. The van der Waals surface area contributed by atoms with E-state index in [0.717, 1.165) is 12.0 Å². The minimum absolute atomic E-state index is 0.182. The molecule has 0 saturated carbocycles. The molecule has 4 N–H and O–H groups in total. The van der Waals surface area contributed by atoms with Crippen LogP contribution in [-0.2, 0) is 0 Å². The van der Waals surface area contributed by atoms with E-state index in [2.05, 4.69) is 25.5 Å². The SMILES string of the molecule is Cc1cc(NC(=O)c2nc[nH]c2C(=O)O)n[nH]1. The number of aromatic carboxylic acids is 1. The zero-order chi connectivity index (χ0) is 12.4. The zero-order valence-electron chi connectivity index (χ0n) is 8.81. The third-order valence-corrected chi connectivity index (χ3v) is 2.02. The Morgan fingerprint density at radius 2 is 2.24 bits per heavy atom. The summed E-state index contributed by atoms with van der Waals surface area (Å²) in [6.45, 7) is 1.78. The number of rotatable bonds is 3. The molecule has 0 atom stereocenters. The first-order valence-corrected chi connectivity index (χ1v) is 4.68. The molecule has 0 radical (unpaired) electrons. The van der Waals surface area contributed by atoms with Crippen molar-refractivity contribution >= 4 is 17.7 Å². The molecule has 2 heterocycles. The number of hydrogen-bond acceptors (Lipinski definition) is 4. The standard InChI is InChI=1S/C9H9N5O3/c1-4-2-5(14-13-4)12-8(15)6-7(9(16)17)11-3-10-6/h2-3H,1H3,(H,10,11)(H,16,17)(H2,12,13,14,15). The van der Waals surface area contributed by atoms with E-state index in [9.17, 15) is 9.59 Å². The van der Waals surface area contributed by atoms with E-state index >= 15 is 0 Å². The van der Waals surface area contributed by atoms with Gasteiger partial charge in [0, 0.05) is 11.8 Å². The summed E-state index contributed by atoms with van der Waals surface area (Å²) in [5, 5.41) is 17.7. The van der Waals surface area contributed by atoms with Crippen molar-refractivity contribution in [1.29, 1.82) is 0 Å². The lowest BCUT2D eigenvalue weighted by Crippen LogP contribution is -2.16. The van der Waals surface area contributed by atoms with Crippen molar-refractivity contribution in [2.75, 3.05) is 5.32 Å². The van der Waals surface area contributed by atoms with Crippen LogP contribution in [0.2, 0.25) is 0 Å². The summed E-state index contributed by atoms with van der Waals surface area (Å²) in [6, 6.07) is 1.62. The quantitative estimate of drug-likeness (QED) is 0.612. The number of H-pyrrole nitrogens is 2. The Morgan fingerprint density at radius 1 is 1.47 bits per heavy atom. The second-order valence-electron chi connectivity index (χ2n) is 3.32. The van der Waals surface area contributed by atoms with Crippen LogP contribution in [0.25, 0.3) is 0 Å². The van der Waals surface area contributed by atoms with Crippen LogP contribution in [0.5, 0.6) is 0 Å². The molecule has 2 aromatic rings. The van der Waals surface area contributed by atoms with Gasteiger partial charge in [-0.3, -0.25) is 9.89 Å². The van der Waals surface area contributed by atoms with Gasteiger partial charge in [0.05, 0.1) is 6.33 Å². The minimum atomic E-state index is -1.24. The number of carbonyl (C=O) groups is 2. The van der Waals surface area contributed by atoms with Crippen molar-refractivity contribution in [2.24, 2.45) is 0 Å². The van der Waals surface area contributed by atoms with E-state index in [1.807, 2.05) is 0 Å². The van der Waals surface area contributed by atoms with Gasteiger partial charge in [-0.2, -0.15) is 5.10 Å². The molecule has 2 aromatic heterocycles. The number of carboxylic acids is 1. The number of carbonyl (C=O) groups excluding carboxylic acids is 1. The monoisotopic (exact) mass is 235 g/mol. The Kier molecular flexibility index (Phi) is 2.61. The molecule has 0 aliphatic heterocycles. The Hall–Kier alpha value is -2.64. The van der Waals surface area contributed by atoms with Crippen molar-refractivity contribution in [3.63, 3.8) is 0 Å². The summed E-state index contributed by atoms with van der Waals surface area (Å²) in [7, 11) is 0. The molecule has 0 unspecified atom stereocenters. The molecular weight excluding hydrogens is 226 g/mol. The summed E-state index contributed by atoms with van der Waals surface area (Å²) >= 11 is 0. The molecule has 8 heteroatoms. The number of amides is 1. The second-order valence-corrected chi connectivity index (χ2v) is 3.32. The van der Waals surface area contributed by atoms with Crippen LogP contribution in [-0.4, -0.2) is 37.1 Å². The molecule has 88 valence electrons. The van der Waals surface area contributed by atoms with Crippen LogP contribution in [0.3, 0.4) is 0 Å². The summed E-state index contributed by atoms with van der Waals surface area (Å²) in [5.74, 6) is -1.56. The highest BCUT2D eigenvalue weighted by atomic mass is 16.4. The largest absolute Gasteiger partial charge is 0.477 e. The van der Waals surface area contributed by atoms with Gasteiger partial charge >= 0.3 is 5.97 Å². The third-order valence-electron chi connectivity index (χ3n) is 2.02. The van der Waals surface area contributed by atoms with Gasteiger partial charge in [-0.25, -0.2) is 9.78 Å². The van der Waals surface area contributed by atoms with E-state index in [4.69, 9.17) is 5.11 Å². The smallest absolute Gasteiger partial charge is 0.354 e. The number of aromatic amines is 2. The number of nitrogens with one attached hydrogen (secondary N) is 3. The van der Waals surface area contributed by atoms with Gasteiger partial charge in [-0.1, -0.05) is 0 Å². The lowest BCUT2D eigenvalue weighted by Gasteiger charge is -1.99. The van der Waals surface area contributed by atoms with Crippen molar-refractivity contribution in [3.8, 4) is 0 Å².